The summed E-state index contributed by atoms with van der Waals surface area (Å²) in [4.78, 5) is 4.28. The van der Waals surface area contributed by atoms with Crippen molar-refractivity contribution < 1.29 is 18.6 Å². The van der Waals surface area contributed by atoms with E-state index < -0.39 is 0 Å². The van der Waals surface area contributed by atoms with Gasteiger partial charge in [-0.05, 0) is 12.1 Å². The van der Waals surface area contributed by atoms with Crippen LogP contribution >= 0.6 is 0 Å². The van der Waals surface area contributed by atoms with Crippen molar-refractivity contribution in [2.24, 2.45) is 4.99 Å². The smallest absolute Gasteiger partial charge is 0.176 e. The quantitative estimate of drug-likeness (QED) is 0.830. The third-order valence-electron chi connectivity index (χ3n) is 2.54. The number of nitrogens with one attached hydrogen (secondary N) is 1. The Morgan fingerprint density at radius 3 is 2.94 bits per heavy atom. The summed E-state index contributed by atoms with van der Waals surface area (Å²) in [5.41, 5.74) is 0.702. The fourth-order valence-corrected chi connectivity index (χ4v) is 1.57. The van der Waals surface area contributed by atoms with Crippen LogP contribution in [-0.2, 0) is 9.47 Å². The topological polar surface area (TPSA) is 52.1 Å². The summed E-state index contributed by atoms with van der Waals surface area (Å²) in [6.45, 7) is 0.645. The molecule has 0 aromatic heterocycles. The van der Waals surface area contributed by atoms with E-state index >= 15 is 0 Å². The Labute approximate surface area is 105 Å². The van der Waals surface area contributed by atoms with Crippen LogP contribution in [0.4, 0.5) is 10.1 Å². The van der Waals surface area contributed by atoms with Crippen LogP contribution in [-0.4, -0.2) is 39.5 Å². The minimum Gasteiger partial charge on any atom is -0.483 e. The number of fused-ring (bicyclic) bond motifs is 1. The monoisotopic (exact) mass is 254 g/mol. The van der Waals surface area contributed by atoms with Gasteiger partial charge in [-0.2, -0.15) is 0 Å². The number of rotatable bonds is 4. The molecule has 0 atom stereocenters. The van der Waals surface area contributed by atoms with Gasteiger partial charge in [-0.25, -0.2) is 4.39 Å². The molecule has 2 rings (SSSR count). The molecule has 0 bridgehead atoms. The highest BCUT2D eigenvalue weighted by Gasteiger charge is 2.15. The molecule has 0 spiro atoms. The van der Waals surface area contributed by atoms with Crippen LogP contribution in [0.25, 0.3) is 0 Å². The van der Waals surface area contributed by atoms with Crippen LogP contribution in [0.3, 0.4) is 0 Å². The van der Waals surface area contributed by atoms with Gasteiger partial charge in [0.05, 0.1) is 12.2 Å². The van der Waals surface area contributed by atoms with E-state index in [2.05, 4.69) is 10.3 Å². The second kappa shape index (κ2) is 5.79. The molecule has 0 saturated carbocycles. The Kier molecular flexibility index (Phi) is 4.11. The van der Waals surface area contributed by atoms with Crippen LogP contribution in [0, 0.1) is 5.82 Å². The Hall–Kier alpha value is -1.66. The largest absolute Gasteiger partial charge is 0.483 e. The zero-order valence-corrected chi connectivity index (χ0v) is 10.3. The Morgan fingerprint density at radius 1 is 1.44 bits per heavy atom. The number of amidine groups is 1. The van der Waals surface area contributed by atoms with Gasteiger partial charge in [0.2, 0.25) is 0 Å². The predicted molar refractivity (Wildman–Crippen MR) is 65.6 cm³/mol. The molecular weight excluding hydrogens is 239 g/mol. The summed E-state index contributed by atoms with van der Waals surface area (Å²) in [5.74, 6) is 0.826. The van der Waals surface area contributed by atoms with Crippen molar-refractivity contribution >= 4 is 11.5 Å². The number of nitrogens with zero attached hydrogens (tertiary/aromatic N) is 1. The lowest BCUT2D eigenvalue weighted by atomic mass is 10.2. The number of hydrogen-bond donors (Lipinski definition) is 1. The lowest BCUT2D eigenvalue weighted by molar-refractivity contribution is -0.0937. The van der Waals surface area contributed by atoms with E-state index in [1.807, 2.05) is 0 Å². The highest BCUT2D eigenvalue weighted by molar-refractivity contribution is 5.99. The maximum atomic E-state index is 13.0. The minimum atomic E-state index is -0.381. The van der Waals surface area contributed by atoms with Crippen LogP contribution < -0.4 is 10.1 Å². The van der Waals surface area contributed by atoms with Gasteiger partial charge >= 0.3 is 0 Å². The number of methoxy groups -OCH3 is 2. The van der Waals surface area contributed by atoms with Crippen LogP contribution in [0.1, 0.15) is 0 Å². The van der Waals surface area contributed by atoms with Gasteiger partial charge in [-0.3, -0.25) is 4.99 Å². The molecule has 0 saturated heterocycles. The molecule has 0 aliphatic carbocycles. The molecule has 0 fully saturated rings. The molecule has 6 heteroatoms. The molecule has 1 aromatic carbocycles. The Balaban J connectivity index is 2.03. The van der Waals surface area contributed by atoms with Gasteiger partial charge in [0.1, 0.15) is 24.0 Å². The van der Waals surface area contributed by atoms with Gasteiger partial charge in [-0.1, -0.05) is 0 Å². The average Bonchev–Trinajstić information content (AvgIpc) is 2.40. The number of anilines is 1. The maximum absolute atomic E-state index is 13.0. The predicted octanol–water partition coefficient (Wildman–Crippen LogP) is 1.65. The normalized spacial score (nSPS) is 16.3. The summed E-state index contributed by atoms with van der Waals surface area (Å²) < 4.78 is 28.4. The van der Waals surface area contributed by atoms with Crippen molar-refractivity contribution in [1.82, 2.24) is 0 Å². The molecular formula is C12H15FN2O3. The summed E-state index contributed by atoms with van der Waals surface area (Å²) in [6.07, 6.45) is -0.381. The first-order valence-electron chi connectivity index (χ1n) is 5.51. The summed E-state index contributed by atoms with van der Waals surface area (Å²) in [6, 6.07) is 4.32. The second-order valence-corrected chi connectivity index (χ2v) is 3.74. The minimum absolute atomic E-state index is 0.274. The van der Waals surface area contributed by atoms with Crippen molar-refractivity contribution in [3.63, 3.8) is 0 Å². The Bertz CT molecular complexity index is 447. The summed E-state index contributed by atoms with van der Waals surface area (Å²) >= 11 is 0. The van der Waals surface area contributed by atoms with E-state index in [4.69, 9.17) is 14.2 Å². The van der Waals surface area contributed by atoms with Gasteiger partial charge < -0.3 is 19.5 Å². The number of benzene rings is 1. The van der Waals surface area contributed by atoms with Gasteiger partial charge in [0.15, 0.2) is 6.29 Å². The molecule has 0 amide bonds. The lowest BCUT2D eigenvalue weighted by Gasteiger charge is -2.21. The fraction of sp³-hybridized carbons (Fsp3) is 0.417. The highest BCUT2D eigenvalue weighted by Crippen LogP contribution is 2.28. The van der Waals surface area contributed by atoms with Gasteiger partial charge in [0.25, 0.3) is 0 Å². The summed E-state index contributed by atoms with van der Waals surface area (Å²) in [7, 11) is 3.11. The van der Waals surface area contributed by atoms with E-state index in [0.717, 1.165) is 0 Å². The number of hydrogen-bond acceptors (Lipinski definition) is 4. The van der Waals surface area contributed by atoms with Crippen molar-refractivity contribution in [1.29, 1.82) is 0 Å². The maximum Gasteiger partial charge on any atom is 0.176 e. The van der Waals surface area contributed by atoms with Crippen LogP contribution in [0.15, 0.2) is 23.2 Å². The molecule has 1 aromatic rings. The first-order chi connectivity index (χ1) is 8.72. The van der Waals surface area contributed by atoms with Crippen molar-refractivity contribution in [2.75, 3.05) is 32.7 Å². The zero-order valence-electron chi connectivity index (χ0n) is 10.3. The van der Waals surface area contributed by atoms with Crippen molar-refractivity contribution in [3.8, 4) is 5.75 Å². The first-order valence-corrected chi connectivity index (χ1v) is 5.51. The molecule has 1 N–H and O–H groups in total. The fourth-order valence-electron chi connectivity index (χ4n) is 1.57. The molecule has 0 unspecified atom stereocenters. The average molecular weight is 254 g/mol. The molecule has 18 heavy (non-hydrogen) atoms. The molecule has 1 aliphatic heterocycles. The molecule has 1 heterocycles. The van der Waals surface area contributed by atoms with Crippen LogP contribution in [0.2, 0.25) is 0 Å². The zero-order chi connectivity index (χ0) is 13.0. The number of aliphatic imine (C=N–C) groups is 1. The molecule has 0 radical (unpaired) electrons. The van der Waals surface area contributed by atoms with E-state index in [-0.39, 0.29) is 18.7 Å². The van der Waals surface area contributed by atoms with Gasteiger partial charge in [-0.15, -0.1) is 0 Å². The van der Waals surface area contributed by atoms with Crippen molar-refractivity contribution in [3.05, 3.63) is 24.0 Å². The SMILES string of the molecule is COC(CN=C1COc2cc(F)ccc2N1)OC. The molecule has 98 valence electrons. The Morgan fingerprint density at radius 2 is 2.22 bits per heavy atom. The van der Waals surface area contributed by atoms with Crippen LogP contribution in [0.5, 0.6) is 5.75 Å². The lowest BCUT2D eigenvalue weighted by Crippen LogP contribution is -2.28. The van der Waals surface area contributed by atoms with E-state index in [9.17, 15) is 4.39 Å². The third kappa shape index (κ3) is 2.96. The van der Waals surface area contributed by atoms with E-state index in [0.29, 0.717) is 23.8 Å². The van der Waals surface area contributed by atoms with E-state index in [1.165, 1.54) is 12.1 Å². The van der Waals surface area contributed by atoms with Gasteiger partial charge in [0, 0.05) is 20.3 Å². The first kappa shape index (κ1) is 12.8. The standard InChI is InChI=1S/C12H15FN2O3/c1-16-12(17-2)6-14-11-7-18-10-5-8(13)3-4-9(10)15-11/h3-5,12H,6-7H2,1-2H3,(H,14,15). The van der Waals surface area contributed by atoms with Crippen molar-refractivity contribution in [2.45, 2.75) is 6.29 Å². The highest BCUT2D eigenvalue weighted by atomic mass is 19.1. The summed E-state index contributed by atoms with van der Waals surface area (Å²) in [5, 5.41) is 3.07. The molecule has 5 nitrogen and oxygen atoms in total. The number of halogens is 1. The molecule has 1 aliphatic rings. The van der Waals surface area contributed by atoms with E-state index in [1.54, 1.807) is 20.3 Å². The number of ether oxygens (including phenoxy) is 3. The third-order valence-corrected chi connectivity index (χ3v) is 2.54. The second-order valence-electron chi connectivity index (χ2n) is 3.74.